The van der Waals surface area contributed by atoms with Crippen molar-refractivity contribution in [3.8, 4) is 17.4 Å². The number of carbonyl (C=O) groups is 1. The molecule has 1 saturated carbocycles. The molecule has 2 heterocycles. The van der Waals surface area contributed by atoms with Crippen LogP contribution >= 0.6 is 0 Å². The van der Waals surface area contributed by atoms with E-state index in [-0.39, 0.29) is 24.4 Å². The Morgan fingerprint density at radius 3 is 2.60 bits per heavy atom. The smallest absolute Gasteiger partial charge is 0.401 e. The van der Waals surface area contributed by atoms with Crippen LogP contribution in [0.2, 0.25) is 0 Å². The van der Waals surface area contributed by atoms with Crippen molar-refractivity contribution in [1.82, 2.24) is 14.7 Å². The summed E-state index contributed by atoms with van der Waals surface area (Å²) in [5.74, 6) is 2.35. The molecule has 0 saturated heterocycles. The molecule has 4 rings (SSSR count). The van der Waals surface area contributed by atoms with Gasteiger partial charge in [0, 0.05) is 23.8 Å². The molecule has 0 spiro atoms. The van der Waals surface area contributed by atoms with Crippen molar-refractivity contribution >= 4 is 17.4 Å². The fraction of sp³-hybridized carbons (Fsp3) is 0.538. The van der Waals surface area contributed by atoms with E-state index in [9.17, 15) is 4.79 Å². The first-order chi connectivity index (χ1) is 17.0. The molecule has 0 atom stereocenters. The number of ketones is 1. The van der Waals surface area contributed by atoms with Gasteiger partial charge in [0.2, 0.25) is 5.88 Å². The summed E-state index contributed by atoms with van der Waals surface area (Å²) < 4.78 is 20.3. The van der Waals surface area contributed by atoms with E-state index in [4.69, 9.17) is 19.9 Å². The summed E-state index contributed by atoms with van der Waals surface area (Å²) in [4.78, 5) is 13.2. The van der Waals surface area contributed by atoms with Crippen molar-refractivity contribution < 1.29 is 23.7 Å². The molecule has 188 valence electrons. The van der Waals surface area contributed by atoms with Gasteiger partial charge in [-0.05, 0) is 43.7 Å². The lowest BCUT2D eigenvalue weighted by molar-refractivity contribution is -0.723. The Hall–Kier alpha value is -3.36. The zero-order chi connectivity index (χ0) is 24.8. The number of Topliss-reactive ketones (excluding diaryl/α,β-unsaturated/α-hetero) is 1. The van der Waals surface area contributed by atoms with Crippen molar-refractivity contribution in [3.63, 3.8) is 0 Å². The van der Waals surface area contributed by atoms with Crippen LogP contribution in [0.4, 0.5) is 5.95 Å². The molecular formula is C26H36N5O4+. The summed E-state index contributed by atoms with van der Waals surface area (Å²) in [6.07, 6.45) is 8.06. The van der Waals surface area contributed by atoms with E-state index < -0.39 is 0 Å². The van der Waals surface area contributed by atoms with E-state index in [1.54, 1.807) is 31.4 Å². The van der Waals surface area contributed by atoms with Crippen LogP contribution in [0.5, 0.6) is 17.4 Å². The zero-order valence-electron chi connectivity index (χ0n) is 20.9. The second-order valence-electron chi connectivity index (χ2n) is 9.15. The first-order valence-corrected chi connectivity index (χ1v) is 12.6. The SMILES string of the molecule is CCC(CC)Oc1ccc2n[n+](CC(=O)c3cc(OC)cc(OCC4CCCCC4)c3)c(N)n2n1. The minimum absolute atomic E-state index is 0.0346. The molecule has 2 N–H and O–H groups in total. The van der Waals surface area contributed by atoms with E-state index in [2.05, 4.69) is 24.0 Å². The van der Waals surface area contributed by atoms with Gasteiger partial charge in [0.1, 0.15) is 17.6 Å². The van der Waals surface area contributed by atoms with Crippen LogP contribution in [0.3, 0.4) is 0 Å². The third-order valence-electron chi connectivity index (χ3n) is 6.63. The van der Waals surface area contributed by atoms with Crippen LogP contribution in [0.1, 0.15) is 69.2 Å². The van der Waals surface area contributed by atoms with Crippen molar-refractivity contribution in [2.24, 2.45) is 5.92 Å². The second-order valence-corrected chi connectivity index (χ2v) is 9.15. The Balaban J connectivity index is 1.50. The van der Waals surface area contributed by atoms with Gasteiger partial charge in [-0.2, -0.15) is 0 Å². The fourth-order valence-electron chi connectivity index (χ4n) is 4.46. The van der Waals surface area contributed by atoms with Gasteiger partial charge in [0.05, 0.1) is 13.7 Å². The van der Waals surface area contributed by atoms with E-state index >= 15 is 0 Å². The molecule has 1 aliphatic carbocycles. The monoisotopic (exact) mass is 482 g/mol. The van der Waals surface area contributed by atoms with Crippen LogP contribution in [-0.2, 0) is 6.54 Å². The van der Waals surface area contributed by atoms with Crippen molar-refractivity contribution in [1.29, 1.82) is 0 Å². The number of nitrogens with zero attached hydrogens (tertiary/aromatic N) is 4. The highest BCUT2D eigenvalue weighted by Gasteiger charge is 2.22. The quantitative estimate of drug-likeness (QED) is 0.325. The molecule has 1 aromatic carbocycles. The topological polar surface area (TPSA) is 105 Å². The van der Waals surface area contributed by atoms with Crippen LogP contribution in [0.25, 0.3) is 5.65 Å². The number of hydrogen-bond acceptors (Lipinski definition) is 7. The van der Waals surface area contributed by atoms with E-state index in [0.717, 1.165) is 12.8 Å². The number of anilines is 1. The molecule has 2 aromatic heterocycles. The number of nitrogens with two attached hydrogens (primary N) is 1. The maximum atomic E-state index is 13.2. The summed E-state index contributed by atoms with van der Waals surface area (Å²) in [6.45, 7) is 4.76. The standard InChI is InChI=1S/C26H35N5O4/c1-4-20(5-2)35-25-12-11-24-28-30(26(27)31(24)29-25)16-23(32)19-13-21(33-3)15-22(14-19)34-17-18-9-7-6-8-10-18/h11-15,18,20,27H,4-10,16-17H2,1-3H3/p+1. The number of methoxy groups -OCH3 is 1. The summed E-state index contributed by atoms with van der Waals surface area (Å²) in [5.41, 5.74) is 7.31. The number of nitrogen functional groups attached to an aromatic ring is 1. The Morgan fingerprint density at radius 2 is 1.89 bits per heavy atom. The van der Waals surface area contributed by atoms with E-state index in [1.807, 2.05) is 6.07 Å². The van der Waals surface area contributed by atoms with Gasteiger partial charge in [-0.3, -0.25) is 10.5 Å². The number of carbonyl (C=O) groups excluding carboxylic acids is 1. The number of ether oxygens (including phenoxy) is 3. The minimum Gasteiger partial charge on any atom is -0.497 e. The Kier molecular flexibility index (Phi) is 8.05. The predicted octanol–water partition coefficient (Wildman–Crippen LogP) is 4.02. The molecular weight excluding hydrogens is 446 g/mol. The first-order valence-electron chi connectivity index (χ1n) is 12.6. The highest BCUT2D eigenvalue weighted by atomic mass is 16.5. The van der Waals surface area contributed by atoms with Crippen molar-refractivity contribution in [3.05, 3.63) is 35.9 Å². The lowest BCUT2D eigenvalue weighted by Crippen LogP contribution is -2.42. The van der Waals surface area contributed by atoms with Gasteiger partial charge in [-0.25, -0.2) is 0 Å². The van der Waals surface area contributed by atoms with Gasteiger partial charge < -0.3 is 14.2 Å². The largest absolute Gasteiger partial charge is 0.497 e. The molecule has 0 bridgehead atoms. The zero-order valence-corrected chi connectivity index (χ0v) is 20.9. The Labute approximate surface area is 206 Å². The third-order valence-corrected chi connectivity index (χ3v) is 6.63. The minimum atomic E-state index is -0.153. The molecule has 1 aliphatic rings. The highest BCUT2D eigenvalue weighted by Crippen LogP contribution is 2.27. The van der Waals surface area contributed by atoms with Crippen LogP contribution < -0.4 is 24.6 Å². The maximum absolute atomic E-state index is 13.2. The van der Waals surface area contributed by atoms with Crippen LogP contribution in [-0.4, -0.2) is 40.3 Å². The molecule has 0 radical (unpaired) electrons. The van der Waals surface area contributed by atoms with Gasteiger partial charge in [-0.15, -0.1) is 4.68 Å². The van der Waals surface area contributed by atoms with E-state index in [0.29, 0.717) is 41.1 Å². The van der Waals surface area contributed by atoms with Gasteiger partial charge in [0.15, 0.2) is 12.3 Å². The lowest BCUT2D eigenvalue weighted by Gasteiger charge is -2.22. The molecule has 0 aliphatic heterocycles. The van der Waals surface area contributed by atoms with Gasteiger partial charge in [0.25, 0.3) is 5.65 Å². The lowest BCUT2D eigenvalue weighted by atomic mass is 9.90. The summed E-state index contributed by atoms with van der Waals surface area (Å²) in [6, 6.07) is 8.84. The Bertz CT molecular complexity index is 1150. The summed E-state index contributed by atoms with van der Waals surface area (Å²) in [7, 11) is 1.58. The number of aromatic nitrogens is 4. The average Bonchev–Trinajstić information content (AvgIpc) is 3.20. The second kappa shape index (κ2) is 11.4. The molecule has 35 heavy (non-hydrogen) atoms. The molecule has 0 unspecified atom stereocenters. The molecule has 9 nitrogen and oxygen atoms in total. The highest BCUT2D eigenvalue weighted by molar-refractivity contribution is 5.96. The molecule has 3 aromatic rings. The average molecular weight is 483 g/mol. The van der Waals surface area contributed by atoms with Crippen LogP contribution in [0, 0.1) is 5.92 Å². The van der Waals surface area contributed by atoms with Gasteiger partial charge in [-0.1, -0.05) is 47.8 Å². The predicted molar refractivity (Wildman–Crippen MR) is 132 cm³/mol. The first kappa shape index (κ1) is 24.8. The fourth-order valence-corrected chi connectivity index (χ4v) is 4.46. The normalized spacial score (nSPS) is 14.4. The molecule has 9 heteroatoms. The summed E-state index contributed by atoms with van der Waals surface area (Å²) >= 11 is 0. The Morgan fingerprint density at radius 1 is 1.14 bits per heavy atom. The van der Waals surface area contributed by atoms with Crippen molar-refractivity contribution in [2.45, 2.75) is 71.4 Å². The maximum Gasteiger partial charge on any atom is 0.401 e. The molecule has 0 amide bonds. The number of benzene rings is 1. The molecule has 1 fully saturated rings. The van der Waals surface area contributed by atoms with E-state index in [1.165, 1.54) is 41.3 Å². The third kappa shape index (κ3) is 6.01. The van der Waals surface area contributed by atoms with Crippen molar-refractivity contribution in [2.75, 3.05) is 19.5 Å². The summed E-state index contributed by atoms with van der Waals surface area (Å²) in [5, 5.41) is 8.91. The number of fused-ring (bicyclic) bond motifs is 1. The number of hydrogen-bond donors (Lipinski definition) is 1. The number of rotatable bonds is 11. The van der Waals surface area contributed by atoms with Gasteiger partial charge >= 0.3 is 5.95 Å². The van der Waals surface area contributed by atoms with Crippen LogP contribution in [0.15, 0.2) is 30.3 Å².